The van der Waals surface area contributed by atoms with E-state index in [0.717, 1.165) is 21.9 Å². The van der Waals surface area contributed by atoms with Gasteiger partial charge in [0.25, 0.3) is 5.89 Å². The molecule has 5 nitrogen and oxygen atoms in total. The summed E-state index contributed by atoms with van der Waals surface area (Å²) < 4.78 is 7.75. The predicted molar refractivity (Wildman–Crippen MR) is 81.5 cm³/mol. The van der Waals surface area contributed by atoms with Gasteiger partial charge in [0, 0.05) is 22.2 Å². The fraction of sp³-hybridized carbons (Fsp3) is 0.0714. The fourth-order valence-corrected chi connectivity index (χ4v) is 3.07. The van der Waals surface area contributed by atoms with Crippen molar-refractivity contribution in [2.75, 3.05) is 0 Å². The van der Waals surface area contributed by atoms with E-state index in [0.29, 0.717) is 16.8 Å². The molecule has 0 saturated carbocycles. The number of rotatable bonds is 2. The largest absolute Gasteiger partial charge is 0.415 e. The van der Waals surface area contributed by atoms with Gasteiger partial charge in [-0.05, 0) is 31.2 Å². The van der Waals surface area contributed by atoms with E-state index in [1.165, 1.54) is 0 Å². The van der Waals surface area contributed by atoms with Crippen molar-refractivity contribution in [3.05, 3.63) is 46.6 Å². The van der Waals surface area contributed by atoms with Crippen LogP contribution in [0.25, 0.3) is 28.0 Å². The molecule has 0 radical (unpaired) electrons. The van der Waals surface area contributed by atoms with E-state index in [1.807, 2.05) is 35.0 Å². The molecule has 3 heterocycles. The first kappa shape index (κ1) is 12.6. The van der Waals surface area contributed by atoms with Crippen LogP contribution in [0.15, 0.2) is 40.3 Å². The molecule has 104 valence electrons. The second-order valence-electron chi connectivity index (χ2n) is 4.52. The van der Waals surface area contributed by atoms with Crippen LogP contribution in [0.5, 0.6) is 0 Å². The summed E-state index contributed by atoms with van der Waals surface area (Å²) >= 11 is 7.45. The van der Waals surface area contributed by atoms with E-state index in [1.54, 1.807) is 23.5 Å². The lowest BCUT2D eigenvalue weighted by Crippen LogP contribution is -1.86. The van der Waals surface area contributed by atoms with Crippen LogP contribution in [-0.2, 0) is 0 Å². The van der Waals surface area contributed by atoms with Gasteiger partial charge in [-0.1, -0.05) is 11.6 Å². The first-order valence-corrected chi connectivity index (χ1v) is 7.50. The zero-order chi connectivity index (χ0) is 14.4. The molecule has 4 aromatic rings. The van der Waals surface area contributed by atoms with E-state index < -0.39 is 0 Å². The third kappa shape index (κ3) is 2.03. The normalized spacial score (nSPS) is 11.3. The number of imidazole rings is 1. The first-order valence-electron chi connectivity index (χ1n) is 6.24. The van der Waals surface area contributed by atoms with Crippen LogP contribution in [0.1, 0.15) is 5.69 Å². The number of hydrogen-bond acceptors (Lipinski definition) is 5. The molecule has 0 N–H and O–H groups in total. The summed E-state index contributed by atoms with van der Waals surface area (Å²) in [6.07, 6.45) is 1.95. The molecule has 0 spiro atoms. The van der Waals surface area contributed by atoms with Gasteiger partial charge < -0.3 is 4.42 Å². The topological polar surface area (TPSA) is 56.2 Å². The Balaban J connectivity index is 1.82. The second kappa shape index (κ2) is 4.68. The zero-order valence-electron chi connectivity index (χ0n) is 10.9. The van der Waals surface area contributed by atoms with Crippen molar-refractivity contribution in [3.63, 3.8) is 0 Å². The Morgan fingerprint density at radius 2 is 1.90 bits per heavy atom. The van der Waals surface area contributed by atoms with Crippen LogP contribution in [0, 0.1) is 6.92 Å². The number of hydrogen-bond donors (Lipinski definition) is 0. The van der Waals surface area contributed by atoms with E-state index in [4.69, 9.17) is 16.0 Å². The summed E-state index contributed by atoms with van der Waals surface area (Å²) in [4.78, 5) is 5.39. The average Bonchev–Trinajstić information content (AvgIpc) is 3.15. The summed E-state index contributed by atoms with van der Waals surface area (Å²) in [7, 11) is 0. The third-order valence-corrected chi connectivity index (χ3v) is 4.16. The number of aromatic nitrogens is 4. The highest BCUT2D eigenvalue weighted by atomic mass is 35.5. The lowest BCUT2D eigenvalue weighted by atomic mass is 10.2. The summed E-state index contributed by atoms with van der Waals surface area (Å²) in [5, 5.41) is 10.9. The van der Waals surface area contributed by atoms with Gasteiger partial charge in [0.1, 0.15) is 5.69 Å². The Morgan fingerprint density at radius 3 is 2.71 bits per heavy atom. The SMILES string of the molecule is Cc1nc2sccn2c1-c1nnc(-c2ccc(Cl)cc2)o1. The minimum absolute atomic E-state index is 0.461. The van der Waals surface area contributed by atoms with Crippen molar-refractivity contribution in [2.24, 2.45) is 0 Å². The van der Waals surface area contributed by atoms with Crippen molar-refractivity contribution < 1.29 is 4.42 Å². The number of aryl methyl sites for hydroxylation is 1. The van der Waals surface area contributed by atoms with Crippen LogP contribution < -0.4 is 0 Å². The minimum atomic E-state index is 0.461. The van der Waals surface area contributed by atoms with E-state index >= 15 is 0 Å². The predicted octanol–water partition coefficient (Wildman–Crippen LogP) is 4.07. The monoisotopic (exact) mass is 316 g/mol. The molecular formula is C14H9ClN4OS. The molecule has 0 fully saturated rings. The molecule has 0 amide bonds. The molecule has 0 saturated heterocycles. The lowest BCUT2D eigenvalue weighted by Gasteiger charge is -1.95. The minimum Gasteiger partial charge on any atom is -0.415 e. The quantitative estimate of drug-likeness (QED) is 0.559. The molecule has 0 bridgehead atoms. The molecule has 0 aliphatic heterocycles. The maximum absolute atomic E-state index is 5.88. The van der Waals surface area contributed by atoms with Crippen LogP contribution in [0.4, 0.5) is 0 Å². The Morgan fingerprint density at radius 1 is 1.14 bits per heavy atom. The van der Waals surface area contributed by atoms with Crippen LogP contribution >= 0.6 is 22.9 Å². The molecule has 0 unspecified atom stereocenters. The van der Waals surface area contributed by atoms with Gasteiger partial charge in [0.15, 0.2) is 4.96 Å². The van der Waals surface area contributed by atoms with E-state index in [-0.39, 0.29) is 0 Å². The zero-order valence-corrected chi connectivity index (χ0v) is 12.5. The third-order valence-electron chi connectivity index (χ3n) is 3.16. The number of fused-ring (bicyclic) bond motifs is 1. The van der Waals surface area contributed by atoms with Crippen molar-refractivity contribution in [1.29, 1.82) is 0 Å². The highest BCUT2D eigenvalue weighted by Crippen LogP contribution is 2.28. The highest BCUT2D eigenvalue weighted by molar-refractivity contribution is 7.15. The average molecular weight is 317 g/mol. The first-order chi connectivity index (χ1) is 10.2. The number of nitrogens with zero attached hydrogens (tertiary/aromatic N) is 4. The molecule has 4 rings (SSSR count). The molecule has 0 atom stereocenters. The van der Waals surface area contributed by atoms with Gasteiger partial charge in [0.2, 0.25) is 5.89 Å². The maximum Gasteiger partial charge on any atom is 0.266 e. The van der Waals surface area contributed by atoms with E-state index in [2.05, 4.69) is 15.2 Å². The summed E-state index contributed by atoms with van der Waals surface area (Å²) in [6.45, 7) is 1.93. The number of benzene rings is 1. The Bertz CT molecular complexity index is 922. The summed E-state index contributed by atoms with van der Waals surface area (Å²) in [6, 6.07) is 7.29. The van der Waals surface area contributed by atoms with Crippen molar-refractivity contribution in [2.45, 2.75) is 6.92 Å². The van der Waals surface area contributed by atoms with Crippen molar-refractivity contribution >= 4 is 27.9 Å². The summed E-state index contributed by atoms with van der Waals surface area (Å²) in [5.74, 6) is 0.926. The van der Waals surface area contributed by atoms with Crippen molar-refractivity contribution in [3.8, 4) is 23.0 Å². The smallest absolute Gasteiger partial charge is 0.266 e. The van der Waals surface area contributed by atoms with Crippen LogP contribution in [-0.4, -0.2) is 19.6 Å². The molecule has 21 heavy (non-hydrogen) atoms. The second-order valence-corrected chi connectivity index (χ2v) is 5.83. The fourth-order valence-electron chi connectivity index (χ4n) is 2.18. The molecule has 3 aromatic heterocycles. The number of thiazole rings is 1. The Kier molecular flexibility index (Phi) is 2.80. The molecular weight excluding hydrogens is 308 g/mol. The van der Waals surface area contributed by atoms with Gasteiger partial charge in [-0.15, -0.1) is 21.5 Å². The molecule has 7 heteroatoms. The van der Waals surface area contributed by atoms with Gasteiger partial charge >= 0.3 is 0 Å². The molecule has 0 aliphatic carbocycles. The van der Waals surface area contributed by atoms with Gasteiger partial charge in [0.05, 0.1) is 5.69 Å². The Hall–Kier alpha value is -2.18. The van der Waals surface area contributed by atoms with E-state index in [9.17, 15) is 0 Å². The Labute approximate surface area is 128 Å². The van der Waals surface area contributed by atoms with Gasteiger partial charge in [-0.3, -0.25) is 4.40 Å². The number of halogens is 1. The van der Waals surface area contributed by atoms with Crippen molar-refractivity contribution in [1.82, 2.24) is 19.6 Å². The maximum atomic E-state index is 5.88. The standard InChI is InChI=1S/C14H9ClN4OS/c1-8-11(19-6-7-21-14(19)16-8)13-18-17-12(20-13)9-2-4-10(15)5-3-9/h2-7H,1H3. The van der Waals surface area contributed by atoms with Crippen LogP contribution in [0.2, 0.25) is 5.02 Å². The van der Waals surface area contributed by atoms with Gasteiger partial charge in [-0.25, -0.2) is 4.98 Å². The van der Waals surface area contributed by atoms with Gasteiger partial charge in [-0.2, -0.15) is 0 Å². The van der Waals surface area contributed by atoms with Crippen LogP contribution in [0.3, 0.4) is 0 Å². The highest BCUT2D eigenvalue weighted by Gasteiger charge is 2.18. The summed E-state index contributed by atoms with van der Waals surface area (Å²) in [5.41, 5.74) is 2.54. The molecule has 0 aliphatic rings. The lowest BCUT2D eigenvalue weighted by molar-refractivity contribution is 0.581. The molecule has 1 aromatic carbocycles.